The Labute approximate surface area is 87.7 Å². The van der Waals surface area contributed by atoms with E-state index in [0.29, 0.717) is 16.3 Å². The lowest BCUT2D eigenvalue weighted by molar-refractivity contribution is 0.414. The summed E-state index contributed by atoms with van der Waals surface area (Å²) in [5, 5.41) is 17.9. The van der Waals surface area contributed by atoms with Crippen LogP contribution in [0.5, 0.6) is 5.75 Å². The average Bonchev–Trinajstić information content (AvgIpc) is 2.15. The Morgan fingerprint density at radius 3 is 2.71 bits per heavy atom. The van der Waals surface area contributed by atoms with E-state index >= 15 is 0 Å². The average molecular weight is 212 g/mol. The Morgan fingerprint density at radius 1 is 1.43 bits per heavy atom. The van der Waals surface area contributed by atoms with Gasteiger partial charge in [0, 0.05) is 10.6 Å². The molecule has 2 N–H and O–H groups in total. The van der Waals surface area contributed by atoms with Gasteiger partial charge in [0.15, 0.2) is 0 Å². The molecule has 0 saturated heterocycles. The van der Waals surface area contributed by atoms with Crippen molar-refractivity contribution in [1.82, 2.24) is 0 Å². The highest BCUT2D eigenvalue weighted by molar-refractivity contribution is 6.48. The maximum absolute atomic E-state index is 8.64. The third-order valence-corrected chi connectivity index (χ3v) is 1.87. The smallest absolute Gasteiger partial charge is 0.480 e. The summed E-state index contributed by atoms with van der Waals surface area (Å²) in [7, 11) is 0.0642. The van der Waals surface area contributed by atoms with Crippen LogP contribution in [0.25, 0.3) is 6.08 Å². The predicted molar refractivity (Wildman–Crippen MR) is 57.2 cm³/mol. The van der Waals surface area contributed by atoms with Gasteiger partial charge in [0.05, 0.1) is 7.11 Å². The zero-order valence-corrected chi connectivity index (χ0v) is 8.40. The van der Waals surface area contributed by atoms with Crippen LogP contribution in [0, 0.1) is 0 Å². The summed E-state index contributed by atoms with van der Waals surface area (Å²) >= 11 is 5.77. The molecule has 0 amide bonds. The first-order chi connectivity index (χ1) is 6.63. The van der Waals surface area contributed by atoms with E-state index in [0.717, 1.165) is 0 Å². The van der Waals surface area contributed by atoms with Crippen LogP contribution in [0.3, 0.4) is 0 Å². The summed E-state index contributed by atoms with van der Waals surface area (Å²) in [6.07, 6.45) is 1.54. The van der Waals surface area contributed by atoms with Gasteiger partial charge in [-0.3, -0.25) is 0 Å². The van der Waals surface area contributed by atoms with Crippen LogP contribution in [0.1, 0.15) is 5.56 Å². The molecule has 0 aromatic heterocycles. The van der Waals surface area contributed by atoms with E-state index in [2.05, 4.69) is 0 Å². The molecule has 0 saturated carbocycles. The van der Waals surface area contributed by atoms with Gasteiger partial charge < -0.3 is 14.8 Å². The van der Waals surface area contributed by atoms with E-state index in [1.54, 1.807) is 18.2 Å². The lowest BCUT2D eigenvalue weighted by Crippen LogP contribution is -2.05. The molecular formula is C9H10BClO3. The highest BCUT2D eigenvalue weighted by Gasteiger charge is 2.03. The first kappa shape index (κ1) is 11.1. The van der Waals surface area contributed by atoms with E-state index in [1.165, 1.54) is 19.2 Å². The molecule has 0 atom stereocenters. The number of ether oxygens (including phenoxy) is 1. The molecule has 1 aromatic rings. The van der Waals surface area contributed by atoms with Gasteiger partial charge in [-0.05, 0) is 18.2 Å². The minimum Gasteiger partial charge on any atom is -0.496 e. The fraction of sp³-hybridized carbons (Fsp3) is 0.111. The lowest BCUT2D eigenvalue weighted by Gasteiger charge is -2.04. The predicted octanol–water partition coefficient (Wildman–Crippen LogP) is 1.37. The molecule has 5 heteroatoms. The molecule has 0 spiro atoms. The van der Waals surface area contributed by atoms with Crippen LogP contribution < -0.4 is 4.74 Å². The van der Waals surface area contributed by atoms with E-state index in [-0.39, 0.29) is 0 Å². The van der Waals surface area contributed by atoms with Crippen molar-refractivity contribution in [3.63, 3.8) is 0 Å². The van der Waals surface area contributed by atoms with Crippen molar-refractivity contribution in [2.75, 3.05) is 7.11 Å². The third-order valence-electron chi connectivity index (χ3n) is 1.64. The quantitative estimate of drug-likeness (QED) is 0.744. The van der Waals surface area contributed by atoms with Gasteiger partial charge in [-0.25, -0.2) is 0 Å². The number of rotatable bonds is 3. The normalized spacial score (nSPS) is 10.6. The summed E-state index contributed by atoms with van der Waals surface area (Å²) in [4.78, 5) is 0. The van der Waals surface area contributed by atoms with Crippen LogP contribution in [-0.4, -0.2) is 24.3 Å². The maximum atomic E-state index is 8.64. The van der Waals surface area contributed by atoms with Gasteiger partial charge in [0.2, 0.25) is 0 Å². The molecule has 0 bridgehead atoms. The van der Waals surface area contributed by atoms with E-state index < -0.39 is 7.12 Å². The van der Waals surface area contributed by atoms with Gasteiger partial charge >= 0.3 is 7.12 Å². The highest BCUT2D eigenvalue weighted by atomic mass is 35.5. The van der Waals surface area contributed by atoms with Gasteiger partial charge in [-0.15, -0.1) is 0 Å². The molecule has 0 fully saturated rings. The second-order valence-corrected chi connectivity index (χ2v) is 3.10. The first-order valence-corrected chi connectivity index (χ1v) is 4.39. The fourth-order valence-corrected chi connectivity index (χ4v) is 1.21. The minimum atomic E-state index is -1.47. The molecule has 74 valence electrons. The Kier molecular flexibility index (Phi) is 4.01. The summed E-state index contributed by atoms with van der Waals surface area (Å²) in [5.41, 5.74) is 0.702. The van der Waals surface area contributed by atoms with Crippen molar-refractivity contribution in [1.29, 1.82) is 0 Å². The van der Waals surface area contributed by atoms with Crippen molar-refractivity contribution in [3.8, 4) is 5.75 Å². The largest absolute Gasteiger partial charge is 0.496 e. The molecule has 0 radical (unpaired) electrons. The monoisotopic (exact) mass is 212 g/mol. The number of hydrogen-bond acceptors (Lipinski definition) is 3. The molecule has 1 rings (SSSR count). The fourth-order valence-electron chi connectivity index (χ4n) is 1.03. The van der Waals surface area contributed by atoms with Crippen molar-refractivity contribution >= 4 is 24.8 Å². The topological polar surface area (TPSA) is 49.7 Å². The molecule has 3 nitrogen and oxygen atoms in total. The summed E-state index contributed by atoms with van der Waals surface area (Å²) in [5.74, 6) is 1.86. The SMILES string of the molecule is COc1ccc(Cl)cc1/C=C/B(O)O. The second-order valence-electron chi connectivity index (χ2n) is 2.66. The Morgan fingerprint density at radius 2 is 2.14 bits per heavy atom. The zero-order valence-electron chi connectivity index (χ0n) is 7.64. The van der Waals surface area contributed by atoms with Crippen molar-refractivity contribution in [2.45, 2.75) is 0 Å². The van der Waals surface area contributed by atoms with Crippen LogP contribution in [-0.2, 0) is 0 Å². The van der Waals surface area contributed by atoms with Crippen molar-refractivity contribution in [2.24, 2.45) is 0 Å². The van der Waals surface area contributed by atoms with Crippen molar-refractivity contribution < 1.29 is 14.8 Å². The van der Waals surface area contributed by atoms with Crippen LogP contribution in [0.15, 0.2) is 24.2 Å². The highest BCUT2D eigenvalue weighted by Crippen LogP contribution is 2.23. The van der Waals surface area contributed by atoms with Gasteiger partial charge in [0.25, 0.3) is 0 Å². The number of benzene rings is 1. The summed E-state index contributed by atoms with van der Waals surface area (Å²) < 4.78 is 5.06. The van der Waals surface area contributed by atoms with Crippen LogP contribution in [0.4, 0.5) is 0 Å². The number of hydrogen-bond donors (Lipinski definition) is 2. The second kappa shape index (κ2) is 5.05. The third kappa shape index (κ3) is 3.07. The first-order valence-electron chi connectivity index (χ1n) is 4.01. The maximum Gasteiger partial charge on any atom is 0.480 e. The number of halogens is 1. The van der Waals surface area contributed by atoms with Gasteiger partial charge in [-0.1, -0.05) is 23.7 Å². The molecule has 0 aliphatic heterocycles. The van der Waals surface area contributed by atoms with Gasteiger partial charge in [-0.2, -0.15) is 0 Å². The van der Waals surface area contributed by atoms with E-state index in [1.807, 2.05) is 0 Å². The van der Waals surface area contributed by atoms with Crippen LogP contribution in [0.2, 0.25) is 5.02 Å². The minimum absolute atomic E-state index is 0.567. The van der Waals surface area contributed by atoms with E-state index in [4.69, 9.17) is 26.4 Å². The molecular weight excluding hydrogens is 202 g/mol. The summed E-state index contributed by atoms with van der Waals surface area (Å²) in [6, 6.07) is 5.10. The number of methoxy groups -OCH3 is 1. The molecule has 0 heterocycles. The lowest BCUT2D eigenvalue weighted by atomic mass is 9.90. The standard InChI is InChI=1S/C9H10BClO3/c1-14-9-3-2-8(11)6-7(9)4-5-10(12)13/h2-6,12-13H,1H3/b5-4+. The molecule has 14 heavy (non-hydrogen) atoms. The molecule has 0 unspecified atom stereocenters. The van der Waals surface area contributed by atoms with Crippen LogP contribution >= 0.6 is 11.6 Å². The Bertz CT molecular complexity index is 339. The van der Waals surface area contributed by atoms with E-state index in [9.17, 15) is 0 Å². The zero-order chi connectivity index (χ0) is 10.6. The molecule has 0 aliphatic rings. The van der Waals surface area contributed by atoms with Gasteiger partial charge in [0.1, 0.15) is 5.75 Å². The summed E-state index contributed by atoms with van der Waals surface area (Å²) in [6.45, 7) is 0. The Balaban J connectivity index is 2.99. The molecule has 1 aromatic carbocycles. The Hall–Kier alpha value is -0.965. The van der Waals surface area contributed by atoms with Crippen molar-refractivity contribution in [3.05, 3.63) is 34.8 Å². The molecule has 0 aliphatic carbocycles.